The van der Waals surface area contributed by atoms with Gasteiger partial charge in [-0.1, -0.05) is 6.07 Å². The second-order valence-electron chi connectivity index (χ2n) is 3.71. The van der Waals surface area contributed by atoms with Gasteiger partial charge in [-0.05, 0) is 18.2 Å². The van der Waals surface area contributed by atoms with E-state index in [0.717, 1.165) is 0 Å². The lowest BCUT2D eigenvalue weighted by atomic mass is 10.2. The number of primary amides is 1. The minimum atomic E-state index is -0.513. The fraction of sp³-hybridized carbons (Fsp3) is 0.250. The minimum Gasteiger partial charge on any atom is -0.383 e. The number of ether oxygens (including phenoxy) is 1. The number of pyridine rings is 1. The molecule has 6 heteroatoms. The van der Waals surface area contributed by atoms with Crippen LogP contribution in [0, 0.1) is 0 Å². The SMILES string of the molecule is COCCn1nc(-c2ccccn2)cc1C(N)=O. The molecule has 2 rings (SSSR count). The summed E-state index contributed by atoms with van der Waals surface area (Å²) in [5.74, 6) is -0.513. The monoisotopic (exact) mass is 246 g/mol. The Morgan fingerprint density at radius 1 is 1.44 bits per heavy atom. The van der Waals surface area contributed by atoms with Crippen LogP contribution in [0.5, 0.6) is 0 Å². The number of rotatable bonds is 5. The predicted molar refractivity (Wildman–Crippen MR) is 65.9 cm³/mol. The van der Waals surface area contributed by atoms with Crippen molar-refractivity contribution in [2.24, 2.45) is 5.73 Å². The first kappa shape index (κ1) is 12.3. The van der Waals surface area contributed by atoms with Crippen LogP contribution in [0.2, 0.25) is 0 Å². The van der Waals surface area contributed by atoms with Crippen LogP contribution < -0.4 is 5.73 Å². The Balaban J connectivity index is 2.36. The van der Waals surface area contributed by atoms with E-state index < -0.39 is 5.91 Å². The molecule has 2 aromatic heterocycles. The summed E-state index contributed by atoms with van der Waals surface area (Å²) in [5, 5.41) is 4.31. The highest BCUT2D eigenvalue weighted by Gasteiger charge is 2.13. The van der Waals surface area contributed by atoms with Crippen LogP contribution in [0.3, 0.4) is 0 Å². The van der Waals surface area contributed by atoms with Gasteiger partial charge in [0.15, 0.2) is 0 Å². The zero-order valence-corrected chi connectivity index (χ0v) is 10.0. The van der Waals surface area contributed by atoms with Gasteiger partial charge in [0.05, 0.1) is 18.8 Å². The number of amides is 1. The Bertz CT molecular complexity index is 536. The quantitative estimate of drug-likeness (QED) is 0.841. The molecule has 0 saturated heterocycles. The Labute approximate surface area is 104 Å². The largest absolute Gasteiger partial charge is 0.383 e. The van der Waals surface area contributed by atoms with Gasteiger partial charge in [-0.15, -0.1) is 0 Å². The molecule has 2 heterocycles. The average molecular weight is 246 g/mol. The third kappa shape index (κ3) is 2.54. The second-order valence-corrected chi connectivity index (χ2v) is 3.71. The van der Waals surface area contributed by atoms with Crippen molar-refractivity contribution in [1.29, 1.82) is 0 Å². The maximum Gasteiger partial charge on any atom is 0.266 e. The lowest BCUT2D eigenvalue weighted by molar-refractivity contribution is 0.0986. The summed E-state index contributed by atoms with van der Waals surface area (Å²) in [7, 11) is 1.59. The Morgan fingerprint density at radius 2 is 2.28 bits per heavy atom. The molecular weight excluding hydrogens is 232 g/mol. The number of hydrogen-bond donors (Lipinski definition) is 1. The topological polar surface area (TPSA) is 83.0 Å². The molecule has 0 aliphatic carbocycles. The Hall–Kier alpha value is -2.21. The molecule has 0 spiro atoms. The zero-order valence-electron chi connectivity index (χ0n) is 10.0. The molecule has 0 radical (unpaired) electrons. The van der Waals surface area contributed by atoms with Gasteiger partial charge in [-0.2, -0.15) is 5.10 Å². The summed E-state index contributed by atoms with van der Waals surface area (Å²) >= 11 is 0. The van der Waals surface area contributed by atoms with Crippen LogP contribution in [-0.4, -0.2) is 34.4 Å². The highest BCUT2D eigenvalue weighted by Crippen LogP contribution is 2.16. The van der Waals surface area contributed by atoms with E-state index in [4.69, 9.17) is 10.5 Å². The molecule has 0 aliphatic heterocycles. The predicted octanol–water partition coefficient (Wildman–Crippen LogP) is 0.690. The van der Waals surface area contributed by atoms with Crippen LogP contribution in [0.4, 0.5) is 0 Å². The summed E-state index contributed by atoms with van der Waals surface area (Å²) < 4.78 is 6.50. The summed E-state index contributed by atoms with van der Waals surface area (Å²) in [6.45, 7) is 0.936. The zero-order chi connectivity index (χ0) is 13.0. The summed E-state index contributed by atoms with van der Waals surface area (Å²) in [6.07, 6.45) is 1.67. The first-order valence-corrected chi connectivity index (χ1v) is 5.50. The van der Waals surface area contributed by atoms with Crippen molar-refractivity contribution in [3.63, 3.8) is 0 Å². The smallest absolute Gasteiger partial charge is 0.266 e. The maximum atomic E-state index is 11.3. The number of hydrogen-bond acceptors (Lipinski definition) is 4. The van der Waals surface area contributed by atoms with Gasteiger partial charge >= 0.3 is 0 Å². The van der Waals surface area contributed by atoms with Crippen molar-refractivity contribution >= 4 is 5.91 Å². The van der Waals surface area contributed by atoms with E-state index in [1.807, 2.05) is 18.2 Å². The standard InChI is InChI=1S/C12H14N4O2/c1-18-7-6-16-11(12(13)17)8-10(15-16)9-4-2-3-5-14-9/h2-5,8H,6-7H2,1H3,(H2,13,17). The maximum absolute atomic E-state index is 11.3. The van der Waals surface area contributed by atoms with E-state index in [9.17, 15) is 4.79 Å². The van der Waals surface area contributed by atoms with Gasteiger partial charge < -0.3 is 10.5 Å². The fourth-order valence-electron chi connectivity index (χ4n) is 1.60. The van der Waals surface area contributed by atoms with Gasteiger partial charge in [0.2, 0.25) is 0 Å². The van der Waals surface area contributed by atoms with Crippen LogP contribution in [-0.2, 0) is 11.3 Å². The van der Waals surface area contributed by atoms with Crippen molar-refractivity contribution in [2.45, 2.75) is 6.54 Å². The molecule has 94 valence electrons. The number of carbonyl (C=O) groups is 1. The van der Waals surface area contributed by atoms with Crippen LogP contribution in [0.1, 0.15) is 10.5 Å². The number of carbonyl (C=O) groups excluding carboxylic acids is 1. The Kier molecular flexibility index (Phi) is 3.69. The third-order valence-corrected chi connectivity index (χ3v) is 2.47. The van der Waals surface area contributed by atoms with Crippen molar-refractivity contribution in [3.05, 3.63) is 36.2 Å². The first-order chi connectivity index (χ1) is 8.72. The normalized spacial score (nSPS) is 10.5. The molecule has 2 aromatic rings. The van der Waals surface area contributed by atoms with E-state index in [0.29, 0.717) is 30.2 Å². The third-order valence-electron chi connectivity index (χ3n) is 2.47. The number of aromatic nitrogens is 3. The molecule has 6 nitrogen and oxygen atoms in total. The molecule has 0 bridgehead atoms. The van der Waals surface area contributed by atoms with Crippen LogP contribution in [0.25, 0.3) is 11.4 Å². The molecule has 0 fully saturated rings. The minimum absolute atomic E-state index is 0.354. The molecule has 0 saturated carbocycles. The molecule has 1 amide bonds. The van der Waals surface area contributed by atoms with Crippen molar-refractivity contribution in [3.8, 4) is 11.4 Å². The highest BCUT2D eigenvalue weighted by atomic mass is 16.5. The number of methoxy groups -OCH3 is 1. The number of nitrogens with two attached hydrogens (primary N) is 1. The second kappa shape index (κ2) is 5.42. The van der Waals surface area contributed by atoms with Gasteiger partial charge in [-0.25, -0.2) is 0 Å². The molecular formula is C12H14N4O2. The fourth-order valence-corrected chi connectivity index (χ4v) is 1.60. The van der Waals surface area contributed by atoms with E-state index >= 15 is 0 Å². The van der Waals surface area contributed by atoms with Crippen molar-refractivity contribution in [2.75, 3.05) is 13.7 Å². The van der Waals surface area contributed by atoms with E-state index in [1.165, 1.54) is 4.68 Å². The van der Waals surface area contributed by atoms with E-state index in [2.05, 4.69) is 10.1 Å². The molecule has 0 unspecified atom stereocenters. The Morgan fingerprint density at radius 3 is 2.89 bits per heavy atom. The van der Waals surface area contributed by atoms with Gasteiger partial charge in [0.1, 0.15) is 11.4 Å². The lowest BCUT2D eigenvalue weighted by Crippen LogP contribution is -2.19. The average Bonchev–Trinajstić information content (AvgIpc) is 2.81. The summed E-state index contributed by atoms with van der Waals surface area (Å²) in [4.78, 5) is 15.5. The van der Waals surface area contributed by atoms with E-state index in [-0.39, 0.29) is 0 Å². The van der Waals surface area contributed by atoms with Crippen LogP contribution in [0.15, 0.2) is 30.5 Å². The molecule has 18 heavy (non-hydrogen) atoms. The molecule has 0 aromatic carbocycles. The van der Waals surface area contributed by atoms with Crippen molar-refractivity contribution in [1.82, 2.24) is 14.8 Å². The van der Waals surface area contributed by atoms with Crippen molar-refractivity contribution < 1.29 is 9.53 Å². The van der Waals surface area contributed by atoms with Gasteiger partial charge in [0.25, 0.3) is 5.91 Å². The number of nitrogens with zero attached hydrogens (tertiary/aromatic N) is 3. The highest BCUT2D eigenvalue weighted by molar-refractivity contribution is 5.92. The molecule has 0 aliphatic rings. The summed E-state index contributed by atoms with van der Waals surface area (Å²) in [6, 6.07) is 7.15. The molecule has 0 atom stereocenters. The summed E-state index contributed by atoms with van der Waals surface area (Å²) in [5.41, 5.74) is 7.00. The van der Waals surface area contributed by atoms with Crippen LogP contribution >= 0.6 is 0 Å². The van der Waals surface area contributed by atoms with E-state index in [1.54, 1.807) is 19.4 Å². The van der Waals surface area contributed by atoms with Gasteiger partial charge in [0, 0.05) is 13.3 Å². The van der Waals surface area contributed by atoms with Gasteiger partial charge in [-0.3, -0.25) is 14.5 Å². The lowest BCUT2D eigenvalue weighted by Gasteiger charge is -2.03. The first-order valence-electron chi connectivity index (χ1n) is 5.50. The molecule has 2 N–H and O–H groups in total.